The van der Waals surface area contributed by atoms with Crippen molar-refractivity contribution in [2.45, 2.75) is 30.8 Å². The van der Waals surface area contributed by atoms with Gasteiger partial charge in [-0.3, -0.25) is 4.79 Å². The molecule has 3 aromatic rings. The Morgan fingerprint density at radius 3 is 2.43 bits per heavy atom. The van der Waals surface area contributed by atoms with Crippen LogP contribution in [-0.4, -0.2) is 29.2 Å². The van der Waals surface area contributed by atoms with Crippen LogP contribution in [0.25, 0.3) is 10.4 Å². The molecule has 0 spiro atoms. The fourth-order valence-corrected chi connectivity index (χ4v) is 4.92. The van der Waals surface area contributed by atoms with Gasteiger partial charge in [-0.25, -0.2) is 9.37 Å². The van der Waals surface area contributed by atoms with Gasteiger partial charge in [0, 0.05) is 11.6 Å². The van der Waals surface area contributed by atoms with Gasteiger partial charge < -0.3 is 15.2 Å². The Morgan fingerprint density at radius 1 is 1.17 bits per heavy atom. The summed E-state index contributed by atoms with van der Waals surface area (Å²) in [7, 11) is 0. The average molecular weight is 424 g/mol. The summed E-state index contributed by atoms with van der Waals surface area (Å²) < 4.78 is 18.5. The van der Waals surface area contributed by atoms with Gasteiger partial charge in [0.05, 0.1) is 35.4 Å². The van der Waals surface area contributed by atoms with E-state index in [0.717, 1.165) is 21.0 Å². The van der Waals surface area contributed by atoms with Gasteiger partial charge in [0.15, 0.2) is 0 Å². The Balaban J connectivity index is 1.39. The first-order valence-corrected chi connectivity index (χ1v) is 10.8. The van der Waals surface area contributed by atoms with Gasteiger partial charge in [0.1, 0.15) is 11.2 Å². The standard InChI is InChI=1S/C23H21FN2O3S/c24-17-7-9-18(10-8-17)25-22(28)23(12-29-13-23)16-5-3-14(4-6-16)20-19(11-27)26-21(30-20)15-1-2-15/h3-10,15,27H,1-2,11-13H2,(H,25,28). The Hall–Kier alpha value is -2.61. The summed E-state index contributed by atoms with van der Waals surface area (Å²) in [5, 5.41) is 13.7. The van der Waals surface area contributed by atoms with Crippen LogP contribution in [0.1, 0.15) is 35.0 Å². The molecule has 0 radical (unpaired) electrons. The topological polar surface area (TPSA) is 71.5 Å². The minimum absolute atomic E-state index is 0.0852. The van der Waals surface area contributed by atoms with Crippen molar-refractivity contribution in [2.24, 2.45) is 0 Å². The van der Waals surface area contributed by atoms with Gasteiger partial charge >= 0.3 is 0 Å². The van der Waals surface area contributed by atoms with Crippen LogP contribution >= 0.6 is 11.3 Å². The monoisotopic (exact) mass is 424 g/mol. The molecule has 154 valence electrons. The number of ether oxygens (including phenoxy) is 1. The van der Waals surface area contributed by atoms with E-state index in [1.165, 1.54) is 25.0 Å². The molecular formula is C23H21FN2O3S. The minimum atomic E-state index is -0.764. The second-order valence-electron chi connectivity index (χ2n) is 7.87. The summed E-state index contributed by atoms with van der Waals surface area (Å²) in [6.07, 6.45) is 2.34. The van der Waals surface area contributed by atoms with Crippen LogP contribution in [0.15, 0.2) is 48.5 Å². The summed E-state index contributed by atoms with van der Waals surface area (Å²) in [5.41, 5.74) is 2.36. The number of carbonyl (C=O) groups is 1. The van der Waals surface area contributed by atoms with E-state index in [2.05, 4.69) is 10.3 Å². The molecule has 2 N–H and O–H groups in total. The molecule has 1 aliphatic carbocycles. The number of hydrogen-bond donors (Lipinski definition) is 2. The number of amides is 1. The number of carbonyl (C=O) groups excluding carboxylic acids is 1. The van der Waals surface area contributed by atoms with E-state index in [4.69, 9.17) is 4.74 Å². The number of nitrogens with zero attached hydrogens (tertiary/aromatic N) is 1. The van der Waals surface area contributed by atoms with Crippen LogP contribution in [0.2, 0.25) is 0 Å². The quantitative estimate of drug-likeness (QED) is 0.621. The van der Waals surface area contributed by atoms with E-state index in [1.54, 1.807) is 23.5 Å². The van der Waals surface area contributed by atoms with Crippen molar-refractivity contribution in [1.82, 2.24) is 4.98 Å². The molecule has 2 aromatic carbocycles. The Bertz CT molecular complexity index is 1070. The third-order valence-electron chi connectivity index (χ3n) is 5.72. The van der Waals surface area contributed by atoms with Crippen molar-refractivity contribution in [1.29, 1.82) is 0 Å². The summed E-state index contributed by atoms with van der Waals surface area (Å²) in [5.74, 6) is 0.0253. The molecule has 1 saturated carbocycles. The number of thiazole rings is 1. The van der Waals surface area contributed by atoms with Crippen molar-refractivity contribution in [3.63, 3.8) is 0 Å². The maximum absolute atomic E-state index is 13.1. The zero-order valence-electron chi connectivity index (χ0n) is 16.2. The van der Waals surface area contributed by atoms with Crippen LogP contribution in [0.3, 0.4) is 0 Å². The molecule has 7 heteroatoms. The third kappa shape index (κ3) is 3.43. The number of nitrogens with one attached hydrogen (secondary N) is 1. The first-order chi connectivity index (χ1) is 14.6. The predicted octanol–water partition coefficient (Wildman–Crippen LogP) is 4.23. The lowest BCUT2D eigenvalue weighted by molar-refractivity contribution is -0.139. The fraction of sp³-hybridized carbons (Fsp3) is 0.304. The highest BCUT2D eigenvalue weighted by Gasteiger charge is 2.47. The van der Waals surface area contributed by atoms with Crippen LogP contribution < -0.4 is 5.32 Å². The van der Waals surface area contributed by atoms with Crippen LogP contribution in [0.4, 0.5) is 10.1 Å². The fourth-order valence-electron chi connectivity index (χ4n) is 3.67. The molecule has 0 bridgehead atoms. The second-order valence-corrected chi connectivity index (χ2v) is 8.90. The zero-order chi connectivity index (χ0) is 20.7. The molecule has 2 heterocycles. The van der Waals surface area contributed by atoms with E-state index in [9.17, 15) is 14.3 Å². The smallest absolute Gasteiger partial charge is 0.239 e. The Morgan fingerprint density at radius 2 is 1.87 bits per heavy atom. The first-order valence-electron chi connectivity index (χ1n) is 9.95. The lowest BCUT2D eigenvalue weighted by Gasteiger charge is -2.40. The van der Waals surface area contributed by atoms with E-state index >= 15 is 0 Å². The summed E-state index contributed by atoms with van der Waals surface area (Å²) >= 11 is 1.64. The number of benzene rings is 2. The molecule has 5 nitrogen and oxygen atoms in total. The SMILES string of the molecule is O=C(Nc1ccc(F)cc1)C1(c2ccc(-c3sc(C4CC4)nc3CO)cc2)COC1. The maximum atomic E-state index is 13.1. The molecule has 5 rings (SSSR count). The highest BCUT2D eigenvalue weighted by molar-refractivity contribution is 7.15. The van der Waals surface area contributed by atoms with Crippen molar-refractivity contribution in [3.05, 3.63) is 70.6 Å². The van der Waals surface area contributed by atoms with Gasteiger partial charge in [-0.15, -0.1) is 11.3 Å². The van der Waals surface area contributed by atoms with Crippen LogP contribution in [0, 0.1) is 5.82 Å². The van der Waals surface area contributed by atoms with E-state index in [-0.39, 0.29) is 18.3 Å². The number of halogens is 1. The number of hydrogen-bond acceptors (Lipinski definition) is 5. The molecule has 0 unspecified atom stereocenters. The largest absolute Gasteiger partial charge is 0.390 e. The van der Waals surface area contributed by atoms with Gasteiger partial charge in [0.25, 0.3) is 0 Å². The molecule has 1 amide bonds. The molecule has 2 aliphatic rings. The predicted molar refractivity (Wildman–Crippen MR) is 113 cm³/mol. The average Bonchev–Trinajstić information content (AvgIpc) is 3.48. The number of anilines is 1. The van der Waals surface area contributed by atoms with Gasteiger partial charge in [0.2, 0.25) is 5.91 Å². The highest BCUT2D eigenvalue weighted by Crippen LogP contribution is 2.45. The molecule has 1 saturated heterocycles. The molecular weight excluding hydrogens is 403 g/mol. The third-order valence-corrected chi connectivity index (χ3v) is 7.03. The zero-order valence-corrected chi connectivity index (χ0v) is 17.0. The molecule has 0 atom stereocenters. The number of aromatic nitrogens is 1. The highest BCUT2D eigenvalue weighted by atomic mass is 32.1. The van der Waals surface area contributed by atoms with E-state index in [0.29, 0.717) is 30.5 Å². The lowest BCUT2D eigenvalue weighted by Crippen LogP contribution is -2.55. The molecule has 30 heavy (non-hydrogen) atoms. The second kappa shape index (κ2) is 7.58. The van der Waals surface area contributed by atoms with Crippen molar-refractivity contribution >= 4 is 22.9 Å². The Labute approximate surface area is 177 Å². The summed E-state index contributed by atoms with van der Waals surface area (Å²) in [6.45, 7) is 0.513. The van der Waals surface area contributed by atoms with Crippen molar-refractivity contribution < 1.29 is 19.0 Å². The Kier molecular flexibility index (Phi) is 4.89. The number of rotatable bonds is 6. The van der Waals surface area contributed by atoms with E-state index < -0.39 is 5.41 Å². The van der Waals surface area contributed by atoms with Gasteiger partial charge in [-0.2, -0.15) is 0 Å². The number of aliphatic hydroxyl groups is 1. The normalized spacial score (nSPS) is 17.4. The lowest BCUT2D eigenvalue weighted by atomic mass is 9.77. The molecule has 1 aliphatic heterocycles. The van der Waals surface area contributed by atoms with Gasteiger partial charge in [-0.1, -0.05) is 24.3 Å². The first kappa shape index (κ1) is 19.4. The number of aliphatic hydroxyl groups excluding tert-OH is 1. The van der Waals surface area contributed by atoms with Gasteiger partial charge in [-0.05, 0) is 48.2 Å². The van der Waals surface area contributed by atoms with Crippen molar-refractivity contribution in [3.8, 4) is 10.4 Å². The summed E-state index contributed by atoms with van der Waals surface area (Å²) in [4.78, 5) is 18.6. The molecule has 2 fully saturated rings. The van der Waals surface area contributed by atoms with Crippen LogP contribution in [0.5, 0.6) is 0 Å². The molecule has 1 aromatic heterocycles. The maximum Gasteiger partial charge on any atom is 0.239 e. The van der Waals surface area contributed by atoms with Crippen molar-refractivity contribution in [2.75, 3.05) is 18.5 Å². The van der Waals surface area contributed by atoms with E-state index in [1.807, 2.05) is 24.3 Å². The summed E-state index contributed by atoms with van der Waals surface area (Å²) in [6, 6.07) is 13.6. The van der Waals surface area contributed by atoms with Crippen LogP contribution in [-0.2, 0) is 21.6 Å². The minimum Gasteiger partial charge on any atom is -0.390 e.